The Kier molecular flexibility index (Phi) is 6.19. The minimum absolute atomic E-state index is 0.788. The maximum Gasteiger partial charge on any atom is 0.0406 e. The molecule has 0 spiro atoms. The highest BCUT2D eigenvalue weighted by atomic mass is 35.5. The first kappa shape index (κ1) is 14.4. The summed E-state index contributed by atoms with van der Waals surface area (Å²) >= 11 is 5.85. The summed E-state index contributed by atoms with van der Waals surface area (Å²) in [5.41, 5.74) is 2.83. The molecule has 0 aliphatic heterocycles. The van der Waals surface area contributed by atoms with Crippen LogP contribution >= 0.6 is 11.6 Å². The molecular formula is C17H22ClN. The summed E-state index contributed by atoms with van der Waals surface area (Å²) in [6, 6.07) is 7.91. The fraction of sp³-hybridized carbons (Fsp3) is 0.412. The number of rotatable bonds is 6. The Balaban J connectivity index is 1.61. The zero-order valence-electron chi connectivity index (χ0n) is 11.4. The van der Waals surface area contributed by atoms with Crippen LogP contribution in [0.5, 0.6) is 0 Å². The van der Waals surface area contributed by atoms with Gasteiger partial charge in [-0.15, -0.1) is 0 Å². The number of hydrogen-bond donors (Lipinski definition) is 1. The van der Waals surface area contributed by atoms with Gasteiger partial charge in [-0.25, -0.2) is 0 Å². The van der Waals surface area contributed by atoms with Crippen molar-refractivity contribution in [3.8, 4) is 0 Å². The van der Waals surface area contributed by atoms with Crippen molar-refractivity contribution in [2.45, 2.75) is 32.1 Å². The van der Waals surface area contributed by atoms with Gasteiger partial charge >= 0.3 is 0 Å². The zero-order valence-corrected chi connectivity index (χ0v) is 12.1. The quantitative estimate of drug-likeness (QED) is 0.579. The van der Waals surface area contributed by atoms with E-state index < -0.39 is 0 Å². The van der Waals surface area contributed by atoms with Gasteiger partial charge in [0.25, 0.3) is 0 Å². The number of hydrogen-bond acceptors (Lipinski definition) is 1. The summed E-state index contributed by atoms with van der Waals surface area (Å²) in [6.07, 6.45) is 13.3. The lowest BCUT2D eigenvalue weighted by Crippen LogP contribution is -2.15. The Morgan fingerprint density at radius 2 is 2.00 bits per heavy atom. The molecule has 0 amide bonds. The summed E-state index contributed by atoms with van der Waals surface area (Å²) in [5.74, 6) is 0. The summed E-state index contributed by atoms with van der Waals surface area (Å²) < 4.78 is 0. The van der Waals surface area contributed by atoms with Crippen LogP contribution in [0.4, 0.5) is 0 Å². The fourth-order valence-electron chi connectivity index (χ4n) is 2.33. The van der Waals surface area contributed by atoms with Crippen molar-refractivity contribution >= 4 is 17.7 Å². The number of allylic oxidation sites excluding steroid dienone is 1. The molecule has 102 valence electrons. The first-order chi connectivity index (χ1) is 9.34. The Labute approximate surface area is 121 Å². The molecule has 0 atom stereocenters. The molecule has 0 saturated carbocycles. The van der Waals surface area contributed by atoms with Crippen LogP contribution in [0.1, 0.15) is 37.7 Å². The van der Waals surface area contributed by atoms with E-state index in [1.54, 1.807) is 5.57 Å². The smallest absolute Gasteiger partial charge is 0.0406 e. The van der Waals surface area contributed by atoms with Crippen LogP contribution in [0.25, 0.3) is 6.08 Å². The molecule has 0 radical (unpaired) electrons. The molecule has 0 bridgehead atoms. The van der Waals surface area contributed by atoms with Crippen LogP contribution in [0.15, 0.2) is 42.0 Å². The minimum atomic E-state index is 0.788. The van der Waals surface area contributed by atoms with Gasteiger partial charge in [-0.1, -0.05) is 47.5 Å². The third kappa shape index (κ3) is 5.63. The lowest BCUT2D eigenvalue weighted by Gasteiger charge is -2.12. The van der Waals surface area contributed by atoms with Crippen LogP contribution in [0, 0.1) is 0 Å². The monoisotopic (exact) mass is 275 g/mol. The average molecular weight is 276 g/mol. The standard InChI is InChI=1S/C17H22ClN/c18-17-10-8-16(9-11-17)7-4-13-19-14-12-15-5-2-1-3-6-15/h4-5,7-11,19H,1-3,6,12-14H2/b7-4+. The summed E-state index contributed by atoms with van der Waals surface area (Å²) in [6.45, 7) is 2.01. The minimum Gasteiger partial charge on any atom is -0.313 e. The van der Waals surface area contributed by atoms with Gasteiger partial charge in [0.2, 0.25) is 0 Å². The van der Waals surface area contributed by atoms with E-state index in [4.69, 9.17) is 11.6 Å². The van der Waals surface area contributed by atoms with Crippen molar-refractivity contribution < 1.29 is 0 Å². The van der Waals surface area contributed by atoms with Crippen molar-refractivity contribution in [2.24, 2.45) is 0 Å². The fourth-order valence-corrected chi connectivity index (χ4v) is 2.46. The van der Waals surface area contributed by atoms with Crippen molar-refractivity contribution in [3.05, 3.63) is 52.6 Å². The highest BCUT2D eigenvalue weighted by Gasteiger charge is 2.02. The molecule has 0 fully saturated rings. The van der Waals surface area contributed by atoms with E-state index in [-0.39, 0.29) is 0 Å². The highest BCUT2D eigenvalue weighted by Crippen LogP contribution is 2.19. The van der Waals surface area contributed by atoms with Gasteiger partial charge in [-0.05, 0) is 56.3 Å². The van der Waals surface area contributed by atoms with Crippen LogP contribution in [0.2, 0.25) is 5.02 Å². The average Bonchev–Trinajstić information content (AvgIpc) is 2.46. The molecule has 19 heavy (non-hydrogen) atoms. The number of benzene rings is 1. The lowest BCUT2D eigenvalue weighted by atomic mass is 9.97. The maximum absolute atomic E-state index is 5.85. The molecule has 2 heteroatoms. The van der Waals surface area contributed by atoms with Gasteiger partial charge in [0.1, 0.15) is 0 Å². The van der Waals surface area contributed by atoms with Gasteiger partial charge in [0, 0.05) is 11.6 Å². The summed E-state index contributed by atoms with van der Waals surface area (Å²) in [5, 5.41) is 4.25. The van der Waals surface area contributed by atoms with E-state index in [0.717, 1.165) is 18.1 Å². The highest BCUT2D eigenvalue weighted by molar-refractivity contribution is 6.30. The Morgan fingerprint density at radius 3 is 2.74 bits per heavy atom. The van der Waals surface area contributed by atoms with E-state index in [1.165, 1.54) is 37.7 Å². The third-order valence-electron chi connectivity index (χ3n) is 3.45. The maximum atomic E-state index is 5.85. The number of halogens is 1. The SMILES string of the molecule is Clc1ccc(/C=C/CNCCC2=CCCCC2)cc1. The molecule has 0 aromatic heterocycles. The van der Waals surface area contributed by atoms with Crippen molar-refractivity contribution in [1.29, 1.82) is 0 Å². The predicted octanol–water partition coefficient (Wildman–Crippen LogP) is 4.83. The second-order valence-corrected chi connectivity index (χ2v) is 5.45. The molecule has 0 heterocycles. The molecule has 0 unspecified atom stereocenters. The van der Waals surface area contributed by atoms with Gasteiger partial charge in [-0.2, -0.15) is 0 Å². The van der Waals surface area contributed by atoms with Crippen molar-refractivity contribution in [3.63, 3.8) is 0 Å². The van der Waals surface area contributed by atoms with Crippen LogP contribution in [-0.4, -0.2) is 13.1 Å². The zero-order chi connectivity index (χ0) is 13.3. The largest absolute Gasteiger partial charge is 0.313 e. The summed E-state index contributed by atoms with van der Waals surface area (Å²) in [7, 11) is 0. The second kappa shape index (κ2) is 8.19. The van der Waals surface area contributed by atoms with E-state index in [9.17, 15) is 0 Å². The molecule has 1 aromatic rings. The van der Waals surface area contributed by atoms with Crippen LogP contribution in [-0.2, 0) is 0 Å². The Bertz CT molecular complexity index is 431. The second-order valence-electron chi connectivity index (χ2n) is 5.02. The molecule has 1 nitrogen and oxygen atoms in total. The normalized spacial score (nSPS) is 15.7. The third-order valence-corrected chi connectivity index (χ3v) is 3.70. The topological polar surface area (TPSA) is 12.0 Å². The Hall–Kier alpha value is -1.05. The Morgan fingerprint density at radius 1 is 1.16 bits per heavy atom. The van der Waals surface area contributed by atoms with Gasteiger partial charge < -0.3 is 5.32 Å². The molecule has 1 aromatic carbocycles. The van der Waals surface area contributed by atoms with Gasteiger partial charge in [-0.3, -0.25) is 0 Å². The van der Waals surface area contributed by atoms with E-state index in [1.807, 2.05) is 24.3 Å². The first-order valence-electron chi connectivity index (χ1n) is 7.15. The van der Waals surface area contributed by atoms with Crippen LogP contribution in [0.3, 0.4) is 0 Å². The van der Waals surface area contributed by atoms with Gasteiger partial charge in [0.15, 0.2) is 0 Å². The molecule has 2 rings (SSSR count). The van der Waals surface area contributed by atoms with E-state index >= 15 is 0 Å². The molecule has 1 aliphatic rings. The van der Waals surface area contributed by atoms with E-state index in [2.05, 4.69) is 23.5 Å². The van der Waals surface area contributed by atoms with Gasteiger partial charge in [0.05, 0.1) is 0 Å². The first-order valence-corrected chi connectivity index (χ1v) is 7.53. The molecule has 1 aliphatic carbocycles. The predicted molar refractivity (Wildman–Crippen MR) is 84.5 cm³/mol. The molecule has 1 N–H and O–H groups in total. The number of nitrogens with one attached hydrogen (secondary N) is 1. The molecule has 0 saturated heterocycles. The molecular weight excluding hydrogens is 254 g/mol. The van der Waals surface area contributed by atoms with E-state index in [0.29, 0.717) is 0 Å². The van der Waals surface area contributed by atoms with Crippen LogP contribution < -0.4 is 5.32 Å². The van der Waals surface area contributed by atoms with Crippen molar-refractivity contribution in [2.75, 3.05) is 13.1 Å². The summed E-state index contributed by atoms with van der Waals surface area (Å²) in [4.78, 5) is 0. The van der Waals surface area contributed by atoms with Crippen molar-refractivity contribution in [1.82, 2.24) is 5.32 Å². The lowest BCUT2D eigenvalue weighted by molar-refractivity contribution is 0.651.